The highest BCUT2D eigenvalue weighted by molar-refractivity contribution is 5.91. The molecule has 5 rings (SSSR count). The number of ether oxygens (including phenoxy) is 1. The molecule has 0 bridgehead atoms. The van der Waals surface area contributed by atoms with Crippen LogP contribution in [0, 0.1) is 0 Å². The maximum Gasteiger partial charge on any atom is 0.227 e. The zero-order chi connectivity index (χ0) is 23.1. The third-order valence-electron chi connectivity index (χ3n) is 6.12. The van der Waals surface area contributed by atoms with Crippen molar-refractivity contribution in [2.45, 2.75) is 64.3 Å². The topological polar surface area (TPSA) is 71.4 Å². The molecule has 3 aromatic rings. The molecule has 0 aliphatic carbocycles. The van der Waals surface area contributed by atoms with Crippen molar-refractivity contribution < 1.29 is 4.74 Å². The number of nitrogens with zero attached hydrogens (tertiary/aromatic N) is 3. The van der Waals surface area contributed by atoms with Crippen molar-refractivity contribution in [1.29, 1.82) is 0 Å². The molecule has 0 unspecified atom stereocenters. The predicted molar refractivity (Wildman–Crippen MR) is 133 cm³/mol. The van der Waals surface area contributed by atoms with Crippen LogP contribution in [0.25, 0.3) is 11.3 Å². The summed E-state index contributed by atoms with van der Waals surface area (Å²) in [7, 11) is 0. The van der Waals surface area contributed by atoms with Gasteiger partial charge in [0.05, 0.1) is 12.2 Å². The van der Waals surface area contributed by atoms with E-state index < -0.39 is 0 Å². The Balaban J connectivity index is 1.36. The molecule has 2 aromatic carbocycles. The minimum Gasteiger partial charge on any atom is -0.490 e. The third kappa shape index (κ3) is 4.91. The number of fused-ring (bicyclic) bond motifs is 3. The first-order chi connectivity index (χ1) is 15.8. The largest absolute Gasteiger partial charge is 0.490 e. The van der Waals surface area contributed by atoms with Crippen molar-refractivity contribution in [3.8, 4) is 17.0 Å². The minimum absolute atomic E-state index is 0.0397. The lowest BCUT2D eigenvalue weighted by molar-refractivity contribution is 0.0559. The summed E-state index contributed by atoms with van der Waals surface area (Å²) in [5, 5.41) is 7.07. The molecule has 6 nitrogen and oxygen atoms in total. The number of nitrogens with one attached hydrogen (secondary N) is 2. The Hall–Kier alpha value is -3.25. The van der Waals surface area contributed by atoms with Crippen LogP contribution in [0.1, 0.15) is 51.7 Å². The smallest absolute Gasteiger partial charge is 0.227 e. The summed E-state index contributed by atoms with van der Waals surface area (Å²) in [6.45, 7) is 9.53. The SMILES string of the molecule is CC1(C)CC(Oc2cccc(Nc3ncc4c(n3)-c3ccccc3C=NC4)c2)CC(C)(C)N1. The fourth-order valence-electron chi connectivity index (χ4n) is 5.16. The molecule has 2 aliphatic heterocycles. The van der Waals surface area contributed by atoms with Crippen molar-refractivity contribution in [3.63, 3.8) is 0 Å². The van der Waals surface area contributed by atoms with Gasteiger partial charge in [-0.25, -0.2) is 9.97 Å². The van der Waals surface area contributed by atoms with Crippen LogP contribution in [0.15, 0.2) is 59.7 Å². The van der Waals surface area contributed by atoms with E-state index in [2.05, 4.69) is 60.4 Å². The lowest BCUT2D eigenvalue weighted by atomic mass is 9.81. The van der Waals surface area contributed by atoms with Gasteiger partial charge in [-0.1, -0.05) is 30.3 Å². The van der Waals surface area contributed by atoms with Crippen LogP contribution in [0.2, 0.25) is 0 Å². The van der Waals surface area contributed by atoms with Crippen LogP contribution >= 0.6 is 0 Å². The molecular weight excluding hydrogens is 410 g/mol. The summed E-state index contributed by atoms with van der Waals surface area (Å²) in [4.78, 5) is 13.9. The molecule has 1 fully saturated rings. The Bertz CT molecular complexity index is 1180. The first-order valence-electron chi connectivity index (χ1n) is 11.5. The molecule has 2 aliphatic rings. The summed E-state index contributed by atoms with van der Waals surface area (Å²) in [5.74, 6) is 1.42. The zero-order valence-electron chi connectivity index (χ0n) is 19.7. The van der Waals surface area contributed by atoms with E-state index in [4.69, 9.17) is 9.72 Å². The molecule has 0 atom stereocenters. The molecule has 1 saturated heterocycles. The average molecular weight is 442 g/mol. The van der Waals surface area contributed by atoms with Crippen LogP contribution in [-0.4, -0.2) is 33.4 Å². The lowest BCUT2D eigenvalue weighted by Gasteiger charge is -2.46. The summed E-state index contributed by atoms with van der Waals surface area (Å²) >= 11 is 0. The molecule has 2 N–H and O–H groups in total. The van der Waals surface area contributed by atoms with Gasteiger partial charge in [0.2, 0.25) is 5.95 Å². The minimum atomic E-state index is 0.0397. The number of piperidine rings is 1. The Labute approximate surface area is 195 Å². The standard InChI is InChI=1S/C27H31N5O/c1-26(2)13-22(14-27(3,4)32-26)33-21-10-7-9-20(12-21)30-25-29-17-19-16-28-15-18-8-5-6-11-23(18)24(19)31-25/h5-12,15,17,22,32H,13-14,16H2,1-4H3,(H,29,30,31). The second-order valence-electron chi connectivity index (χ2n) is 10.3. The maximum atomic E-state index is 6.42. The van der Waals surface area contributed by atoms with E-state index in [9.17, 15) is 0 Å². The van der Waals surface area contributed by atoms with Gasteiger partial charge in [0.25, 0.3) is 0 Å². The molecule has 0 saturated carbocycles. The Morgan fingerprint density at radius 2 is 1.79 bits per heavy atom. The number of benzene rings is 2. The van der Waals surface area contributed by atoms with Gasteiger partial charge in [-0.2, -0.15) is 0 Å². The number of rotatable bonds is 4. The quantitative estimate of drug-likeness (QED) is 0.559. The van der Waals surface area contributed by atoms with Crippen LogP contribution < -0.4 is 15.4 Å². The molecule has 3 heterocycles. The summed E-state index contributed by atoms with van der Waals surface area (Å²) in [6.07, 6.45) is 5.86. The first kappa shape index (κ1) is 21.6. The number of anilines is 2. The lowest BCUT2D eigenvalue weighted by Crippen LogP contribution is -2.60. The van der Waals surface area contributed by atoms with E-state index in [1.165, 1.54) is 0 Å². The molecular formula is C27H31N5O. The molecule has 0 radical (unpaired) electrons. The number of hydrogen-bond donors (Lipinski definition) is 2. The van der Waals surface area contributed by atoms with Gasteiger partial charge in [0.1, 0.15) is 11.9 Å². The van der Waals surface area contributed by atoms with Crippen molar-refractivity contribution >= 4 is 17.9 Å². The first-order valence-corrected chi connectivity index (χ1v) is 11.5. The second-order valence-corrected chi connectivity index (χ2v) is 10.3. The van der Waals surface area contributed by atoms with Crippen molar-refractivity contribution in [1.82, 2.24) is 15.3 Å². The Morgan fingerprint density at radius 3 is 2.61 bits per heavy atom. The maximum absolute atomic E-state index is 6.42. The van der Waals surface area contributed by atoms with E-state index in [-0.39, 0.29) is 17.2 Å². The Morgan fingerprint density at radius 1 is 1.00 bits per heavy atom. The molecule has 0 amide bonds. The van der Waals surface area contributed by atoms with Crippen LogP contribution in [0.5, 0.6) is 5.75 Å². The van der Waals surface area contributed by atoms with E-state index in [1.54, 1.807) is 0 Å². The van der Waals surface area contributed by atoms with Gasteiger partial charge in [-0.05, 0) is 39.8 Å². The van der Waals surface area contributed by atoms with E-state index in [0.29, 0.717) is 12.5 Å². The van der Waals surface area contributed by atoms with Crippen molar-refractivity contribution in [2.75, 3.05) is 5.32 Å². The van der Waals surface area contributed by atoms with Gasteiger partial charge in [0, 0.05) is 64.8 Å². The molecule has 1 aromatic heterocycles. The fourth-order valence-corrected chi connectivity index (χ4v) is 5.16. The highest BCUT2D eigenvalue weighted by atomic mass is 16.5. The summed E-state index contributed by atoms with van der Waals surface area (Å²) in [6, 6.07) is 16.2. The number of hydrogen-bond acceptors (Lipinski definition) is 6. The molecule has 6 heteroatoms. The normalized spacial score (nSPS) is 18.7. The summed E-state index contributed by atoms with van der Waals surface area (Å²) < 4.78 is 6.42. The van der Waals surface area contributed by atoms with Gasteiger partial charge >= 0.3 is 0 Å². The predicted octanol–water partition coefficient (Wildman–Crippen LogP) is 5.51. The van der Waals surface area contributed by atoms with Gasteiger partial charge in [0.15, 0.2) is 0 Å². The molecule has 33 heavy (non-hydrogen) atoms. The average Bonchev–Trinajstić information content (AvgIpc) is 2.91. The highest BCUT2D eigenvalue weighted by Crippen LogP contribution is 2.33. The van der Waals surface area contributed by atoms with E-state index in [1.807, 2.05) is 48.8 Å². The number of aliphatic imine (C=N–C) groups is 1. The van der Waals surface area contributed by atoms with Crippen LogP contribution in [0.3, 0.4) is 0 Å². The van der Waals surface area contributed by atoms with Crippen LogP contribution in [0.4, 0.5) is 11.6 Å². The van der Waals surface area contributed by atoms with Crippen LogP contribution in [-0.2, 0) is 6.54 Å². The fraction of sp³-hybridized carbons (Fsp3) is 0.370. The second kappa shape index (κ2) is 8.27. The van der Waals surface area contributed by atoms with Gasteiger partial charge < -0.3 is 15.4 Å². The van der Waals surface area contributed by atoms with Crippen molar-refractivity contribution in [3.05, 3.63) is 65.9 Å². The van der Waals surface area contributed by atoms with Crippen molar-refractivity contribution in [2.24, 2.45) is 4.99 Å². The monoisotopic (exact) mass is 441 g/mol. The zero-order valence-corrected chi connectivity index (χ0v) is 19.7. The van der Waals surface area contributed by atoms with Gasteiger partial charge in [-0.15, -0.1) is 0 Å². The Kier molecular flexibility index (Phi) is 5.41. The van der Waals surface area contributed by atoms with Gasteiger partial charge in [-0.3, -0.25) is 4.99 Å². The third-order valence-corrected chi connectivity index (χ3v) is 6.12. The number of aromatic nitrogens is 2. The summed E-state index contributed by atoms with van der Waals surface area (Å²) in [5.41, 5.74) is 5.08. The highest BCUT2D eigenvalue weighted by Gasteiger charge is 2.38. The molecule has 170 valence electrons. The molecule has 0 spiro atoms. The van der Waals surface area contributed by atoms with E-state index >= 15 is 0 Å². The van der Waals surface area contributed by atoms with E-state index in [0.717, 1.165) is 46.7 Å².